The molecule has 1 rings (SSSR count). The standard InChI is InChI=1S/C14H25NO2S/c1-3-9-18-10-8-15-13-7-5-6-12(11-13)14(16)17-4-2/h3,12-13,15H,1,4-11H2,2H3. The van der Waals surface area contributed by atoms with Gasteiger partial charge in [-0.25, -0.2) is 0 Å². The topological polar surface area (TPSA) is 38.3 Å². The highest BCUT2D eigenvalue weighted by Gasteiger charge is 2.27. The number of carbonyl (C=O) groups is 1. The summed E-state index contributed by atoms with van der Waals surface area (Å²) in [5.41, 5.74) is 0. The van der Waals surface area contributed by atoms with E-state index in [1.165, 1.54) is 6.42 Å². The first-order chi connectivity index (χ1) is 8.77. The molecule has 0 amide bonds. The molecule has 0 aromatic heterocycles. The third-order valence-corrected chi connectivity index (χ3v) is 4.17. The minimum Gasteiger partial charge on any atom is -0.466 e. The first kappa shape index (κ1) is 15.6. The second-order valence-corrected chi connectivity index (χ2v) is 5.78. The lowest BCUT2D eigenvalue weighted by molar-refractivity contribution is -0.149. The molecule has 4 heteroatoms. The van der Waals surface area contributed by atoms with E-state index in [1.54, 1.807) is 0 Å². The molecular weight excluding hydrogens is 246 g/mol. The highest BCUT2D eigenvalue weighted by molar-refractivity contribution is 7.99. The second-order valence-electron chi connectivity index (χ2n) is 4.63. The number of nitrogens with one attached hydrogen (secondary N) is 1. The monoisotopic (exact) mass is 271 g/mol. The average Bonchev–Trinajstić information content (AvgIpc) is 2.39. The quantitative estimate of drug-likeness (QED) is 0.418. The third-order valence-electron chi connectivity index (χ3n) is 3.21. The molecule has 1 aliphatic carbocycles. The second kappa shape index (κ2) is 9.45. The van der Waals surface area contributed by atoms with Crippen molar-refractivity contribution < 1.29 is 9.53 Å². The maximum absolute atomic E-state index is 11.7. The van der Waals surface area contributed by atoms with E-state index in [9.17, 15) is 4.79 Å². The van der Waals surface area contributed by atoms with Crippen molar-refractivity contribution >= 4 is 17.7 Å². The van der Waals surface area contributed by atoms with Gasteiger partial charge in [0, 0.05) is 24.1 Å². The van der Waals surface area contributed by atoms with Gasteiger partial charge in [-0.1, -0.05) is 12.5 Å². The van der Waals surface area contributed by atoms with Crippen LogP contribution in [0, 0.1) is 5.92 Å². The van der Waals surface area contributed by atoms with E-state index in [0.717, 1.165) is 37.3 Å². The van der Waals surface area contributed by atoms with Crippen molar-refractivity contribution in [2.75, 3.05) is 24.7 Å². The number of thioether (sulfide) groups is 1. The van der Waals surface area contributed by atoms with Gasteiger partial charge in [0.2, 0.25) is 0 Å². The van der Waals surface area contributed by atoms with E-state index in [0.29, 0.717) is 12.6 Å². The van der Waals surface area contributed by atoms with E-state index >= 15 is 0 Å². The van der Waals surface area contributed by atoms with Crippen molar-refractivity contribution in [3.05, 3.63) is 12.7 Å². The van der Waals surface area contributed by atoms with Gasteiger partial charge in [-0.05, 0) is 26.2 Å². The third kappa shape index (κ3) is 5.91. The van der Waals surface area contributed by atoms with Crippen molar-refractivity contribution in [2.24, 2.45) is 5.92 Å². The van der Waals surface area contributed by atoms with Gasteiger partial charge in [0.05, 0.1) is 12.5 Å². The Morgan fingerprint density at radius 3 is 3.11 bits per heavy atom. The Labute approximate surface area is 115 Å². The molecule has 3 nitrogen and oxygen atoms in total. The molecule has 0 heterocycles. The van der Waals surface area contributed by atoms with Gasteiger partial charge in [0.25, 0.3) is 0 Å². The van der Waals surface area contributed by atoms with Gasteiger partial charge in [-0.3, -0.25) is 4.79 Å². The number of hydrogen-bond acceptors (Lipinski definition) is 4. The zero-order chi connectivity index (χ0) is 13.2. The smallest absolute Gasteiger partial charge is 0.308 e. The highest BCUT2D eigenvalue weighted by Crippen LogP contribution is 2.25. The summed E-state index contributed by atoms with van der Waals surface area (Å²) >= 11 is 1.88. The Balaban J connectivity index is 2.18. The molecule has 0 bridgehead atoms. The fourth-order valence-electron chi connectivity index (χ4n) is 2.35. The minimum absolute atomic E-state index is 0.00923. The molecule has 2 atom stereocenters. The van der Waals surface area contributed by atoms with Crippen LogP contribution in [0.15, 0.2) is 12.7 Å². The predicted molar refractivity (Wildman–Crippen MR) is 77.9 cm³/mol. The molecule has 1 N–H and O–H groups in total. The molecule has 0 saturated heterocycles. The molecule has 0 aliphatic heterocycles. The van der Waals surface area contributed by atoms with Crippen molar-refractivity contribution in [3.63, 3.8) is 0 Å². The molecule has 0 aromatic rings. The van der Waals surface area contributed by atoms with Gasteiger partial charge >= 0.3 is 5.97 Å². The van der Waals surface area contributed by atoms with E-state index in [-0.39, 0.29) is 11.9 Å². The van der Waals surface area contributed by atoms with E-state index in [4.69, 9.17) is 4.74 Å². The highest BCUT2D eigenvalue weighted by atomic mass is 32.2. The van der Waals surface area contributed by atoms with Crippen molar-refractivity contribution in [1.29, 1.82) is 0 Å². The molecule has 0 spiro atoms. The van der Waals surface area contributed by atoms with Crippen LogP contribution >= 0.6 is 11.8 Å². The molecule has 2 unspecified atom stereocenters. The lowest BCUT2D eigenvalue weighted by Crippen LogP contribution is -2.38. The Morgan fingerprint density at radius 1 is 1.56 bits per heavy atom. The maximum Gasteiger partial charge on any atom is 0.308 e. The molecule has 1 saturated carbocycles. The fourth-order valence-corrected chi connectivity index (χ4v) is 2.95. The minimum atomic E-state index is -0.00923. The van der Waals surface area contributed by atoms with Crippen molar-refractivity contribution in [3.8, 4) is 0 Å². The molecule has 0 aromatic carbocycles. The molecule has 104 valence electrons. The summed E-state index contributed by atoms with van der Waals surface area (Å²) in [7, 11) is 0. The van der Waals surface area contributed by atoms with Gasteiger partial charge < -0.3 is 10.1 Å². The SMILES string of the molecule is C=CCSCCNC1CCCC(C(=O)OCC)C1. The maximum atomic E-state index is 11.7. The summed E-state index contributed by atoms with van der Waals surface area (Å²) in [6.07, 6.45) is 6.16. The number of hydrogen-bond donors (Lipinski definition) is 1. The van der Waals surface area contributed by atoms with Crippen LogP contribution in [0.25, 0.3) is 0 Å². The van der Waals surface area contributed by atoms with Crippen LogP contribution in [0.1, 0.15) is 32.6 Å². The van der Waals surface area contributed by atoms with Gasteiger partial charge in [0.15, 0.2) is 0 Å². The Bertz CT molecular complexity index is 258. The van der Waals surface area contributed by atoms with E-state index < -0.39 is 0 Å². The fraction of sp³-hybridized carbons (Fsp3) is 0.786. The Morgan fingerprint density at radius 2 is 2.39 bits per heavy atom. The summed E-state index contributed by atoms with van der Waals surface area (Å²) in [6.45, 7) is 7.07. The van der Waals surface area contributed by atoms with Crippen LogP contribution < -0.4 is 5.32 Å². The normalized spacial score (nSPS) is 23.6. The van der Waals surface area contributed by atoms with Crippen molar-refractivity contribution in [1.82, 2.24) is 5.32 Å². The van der Waals surface area contributed by atoms with Crippen LogP contribution in [0.5, 0.6) is 0 Å². The van der Waals surface area contributed by atoms with Crippen LogP contribution in [0.3, 0.4) is 0 Å². The van der Waals surface area contributed by atoms with Crippen LogP contribution in [-0.2, 0) is 9.53 Å². The molecule has 1 fully saturated rings. The molecule has 0 radical (unpaired) electrons. The van der Waals surface area contributed by atoms with Crippen LogP contribution in [0.2, 0.25) is 0 Å². The van der Waals surface area contributed by atoms with Gasteiger partial charge in [-0.15, -0.1) is 6.58 Å². The summed E-state index contributed by atoms with van der Waals surface area (Å²) < 4.78 is 5.11. The lowest BCUT2D eigenvalue weighted by atomic mass is 9.86. The summed E-state index contributed by atoms with van der Waals surface area (Å²) in [6, 6.07) is 0.484. The Hall–Kier alpha value is -0.480. The Kier molecular flexibility index (Phi) is 8.18. The summed E-state index contributed by atoms with van der Waals surface area (Å²) in [5, 5.41) is 3.54. The molecule has 1 aliphatic rings. The first-order valence-electron chi connectivity index (χ1n) is 6.86. The number of carbonyl (C=O) groups excluding carboxylic acids is 1. The average molecular weight is 271 g/mol. The molecule has 18 heavy (non-hydrogen) atoms. The predicted octanol–water partition coefficient (Wildman–Crippen LogP) is 2.62. The number of ether oxygens (including phenoxy) is 1. The van der Waals surface area contributed by atoms with Crippen molar-refractivity contribution in [2.45, 2.75) is 38.6 Å². The van der Waals surface area contributed by atoms with E-state index in [2.05, 4.69) is 11.9 Å². The number of esters is 1. The molecular formula is C14H25NO2S. The first-order valence-corrected chi connectivity index (χ1v) is 8.02. The summed E-state index contributed by atoms with van der Waals surface area (Å²) in [5.74, 6) is 2.21. The zero-order valence-electron chi connectivity index (χ0n) is 11.3. The number of rotatable bonds is 8. The van der Waals surface area contributed by atoms with E-state index in [1.807, 2.05) is 24.8 Å². The summed E-state index contributed by atoms with van der Waals surface area (Å²) in [4.78, 5) is 11.7. The van der Waals surface area contributed by atoms with Gasteiger partial charge in [-0.2, -0.15) is 11.8 Å². The van der Waals surface area contributed by atoms with Gasteiger partial charge in [0.1, 0.15) is 0 Å². The van der Waals surface area contributed by atoms with Crippen LogP contribution in [-0.4, -0.2) is 36.7 Å². The van der Waals surface area contributed by atoms with Crippen LogP contribution in [0.4, 0.5) is 0 Å². The zero-order valence-corrected chi connectivity index (χ0v) is 12.1. The largest absolute Gasteiger partial charge is 0.466 e. The lowest BCUT2D eigenvalue weighted by Gasteiger charge is -2.28.